The van der Waals surface area contributed by atoms with Crippen molar-refractivity contribution in [2.75, 3.05) is 17.2 Å². The molecule has 2 rings (SSSR count). The lowest BCUT2D eigenvalue weighted by atomic mass is 10.0. The van der Waals surface area contributed by atoms with Crippen molar-refractivity contribution >= 4 is 23.2 Å². The Morgan fingerprint density at radius 3 is 2.30 bits per heavy atom. The van der Waals surface area contributed by atoms with E-state index >= 15 is 0 Å². The van der Waals surface area contributed by atoms with Crippen LogP contribution in [0.25, 0.3) is 0 Å². The molecule has 2 amide bonds. The average molecular weight is 275 g/mol. The zero-order chi connectivity index (χ0) is 14.5. The highest BCUT2D eigenvalue weighted by Crippen LogP contribution is 2.18. The van der Waals surface area contributed by atoms with Crippen LogP contribution in [-0.4, -0.2) is 24.4 Å². The molecule has 2 atom stereocenters. The molecule has 0 aromatic heterocycles. The van der Waals surface area contributed by atoms with Gasteiger partial charge in [0.15, 0.2) is 0 Å². The summed E-state index contributed by atoms with van der Waals surface area (Å²) in [4.78, 5) is 23.4. The number of carbonyl (C=O) groups excluding carboxylic acids is 2. The fourth-order valence-electron chi connectivity index (χ4n) is 2.29. The number of hydrogen-bond donors (Lipinski definition) is 3. The Morgan fingerprint density at radius 2 is 1.80 bits per heavy atom. The average Bonchev–Trinajstić information content (AvgIpc) is 2.87. The van der Waals surface area contributed by atoms with Crippen molar-refractivity contribution < 1.29 is 9.59 Å². The lowest BCUT2D eigenvalue weighted by Gasteiger charge is -2.15. The van der Waals surface area contributed by atoms with Crippen LogP contribution in [0.1, 0.15) is 26.7 Å². The molecule has 0 saturated carbocycles. The summed E-state index contributed by atoms with van der Waals surface area (Å²) < 4.78 is 0. The van der Waals surface area contributed by atoms with Gasteiger partial charge in [0.05, 0.1) is 6.04 Å². The van der Waals surface area contributed by atoms with Crippen molar-refractivity contribution in [2.24, 2.45) is 5.92 Å². The van der Waals surface area contributed by atoms with Crippen LogP contribution in [0.3, 0.4) is 0 Å². The van der Waals surface area contributed by atoms with Crippen molar-refractivity contribution in [1.82, 2.24) is 5.32 Å². The summed E-state index contributed by atoms with van der Waals surface area (Å²) in [6.45, 7) is 4.77. The van der Waals surface area contributed by atoms with E-state index in [1.54, 1.807) is 31.2 Å². The number of nitrogens with one attached hydrogen (secondary N) is 3. The van der Waals surface area contributed by atoms with E-state index in [1.165, 1.54) is 0 Å². The predicted molar refractivity (Wildman–Crippen MR) is 79.6 cm³/mol. The van der Waals surface area contributed by atoms with Crippen LogP contribution in [0.5, 0.6) is 0 Å². The highest BCUT2D eigenvalue weighted by atomic mass is 16.2. The summed E-state index contributed by atoms with van der Waals surface area (Å²) in [5.41, 5.74) is 1.48. The van der Waals surface area contributed by atoms with Crippen LogP contribution in [0, 0.1) is 5.92 Å². The monoisotopic (exact) mass is 275 g/mol. The first-order valence-electron chi connectivity index (χ1n) is 7.04. The Bertz CT molecular complexity index is 484. The molecular weight excluding hydrogens is 254 g/mol. The minimum atomic E-state index is -0.116. The van der Waals surface area contributed by atoms with Crippen molar-refractivity contribution in [1.29, 1.82) is 0 Å². The van der Waals surface area contributed by atoms with Crippen molar-refractivity contribution in [2.45, 2.75) is 32.7 Å². The Balaban J connectivity index is 1.93. The Hall–Kier alpha value is -1.88. The van der Waals surface area contributed by atoms with Crippen molar-refractivity contribution in [3.05, 3.63) is 24.3 Å². The molecule has 1 aromatic carbocycles. The van der Waals surface area contributed by atoms with Crippen LogP contribution in [0.2, 0.25) is 0 Å². The van der Waals surface area contributed by atoms with Crippen LogP contribution in [-0.2, 0) is 9.59 Å². The molecule has 1 aromatic rings. The maximum absolute atomic E-state index is 12.1. The largest absolute Gasteiger partial charge is 0.326 e. The van der Waals surface area contributed by atoms with E-state index in [1.807, 2.05) is 0 Å². The third-order valence-electron chi connectivity index (χ3n) is 3.57. The molecule has 0 radical (unpaired) electrons. The van der Waals surface area contributed by atoms with Gasteiger partial charge in [-0.05, 0) is 43.1 Å². The highest BCUT2D eigenvalue weighted by molar-refractivity contribution is 5.96. The molecule has 1 saturated heterocycles. The van der Waals surface area contributed by atoms with Crippen LogP contribution >= 0.6 is 0 Å². The SMILES string of the molecule is CCC(=O)Nc1ccc(NC(=O)C2NCCC2C)cc1. The van der Waals surface area contributed by atoms with Gasteiger partial charge in [0, 0.05) is 17.8 Å². The van der Waals surface area contributed by atoms with Crippen molar-refractivity contribution in [3.8, 4) is 0 Å². The Labute approximate surface area is 119 Å². The summed E-state index contributed by atoms with van der Waals surface area (Å²) in [5.74, 6) is 0.337. The van der Waals surface area contributed by atoms with Gasteiger partial charge in [-0.15, -0.1) is 0 Å². The summed E-state index contributed by atoms with van der Waals surface area (Å²) in [6.07, 6.45) is 1.48. The quantitative estimate of drug-likeness (QED) is 0.787. The molecule has 5 nitrogen and oxygen atoms in total. The van der Waals surface area contributed by atoms with Crippen LogP contribution in [0.15, 0.2) is 24.3 Å². The number of hydrogen-bond acceptors (Lipinski definition) is 3. The van der Waals surface area contributed by atoms with E-state index in [2.05, 4.69) is 22.9 Å². The number of amides is 2. The van der Waals surface area contributed by atoms with Gasteiger partial charge in [-0.2, -0.15) is 0 Å². The highest BCUT2D eigenvalue weighted by Gasteiger charge is 2.29. The van der Waals surface area contributed by atoms with Crippen LogP contribution < -0.4 is 16.0 Å². The van der Waals surface area contributed by atoms with E-state index in [-0.39, 0.29) is 17.9 Å². The molecule has 0 aliphatic carbocycles. The second kappa shape index (κ2) is 6.52. The fourth-order valence-corrected chi connectivity index (χ4v) is 2.29. The Morgan fingerprint density at radius 1 is 1.20 bits per heavy atom. The maximum atomic E-state index is 12.1. The van der Waals surface area contributed by atoms with Crippen LogP contribution in [0.4, 0.5) is 11.4 Å². The second-order valence-electron chi connectivity index (χ2n) is 5.17. The van der Waals surface area contributed by atoms with Crippen molar-refractivity contribution in [3.63, 3.8) is 0 Å². The molecule has 1 aliphatic heterocycles. The summed E-state index contributed by atoms with van der Waals surface area (Å²) in [6, 6.07) is 7.05. The topological polar surface area (TPSA) is 70.2 Å². The normalized spacial score (nSPS) is 21.5. The number of rotatable bonds is 4. The van der Waals surface area contributed by atoms with Gasteiger partial charge >= 0.3 is 0 Å². The van der Waals surface area contributed by atoms with E-state index < -0.39 is 0 Å². The number of anilines is 2. The first kappa shape index (κ1) is 14.5. The minimum Gasteiger partial charge on any atom is -0.326 e. The molecule has 1 heterocycles. The summed E-state index contributed by atoms with van der Waals surface area (Å²) in [7, 11) is 0. The number of benzene rings is 1. The van der Waals surface area contributed by atoms with Gasteiger partial charge in [-0.1, -0.05) is 13.8 Å². The molecule has 1 fully saturated rings. The fraction of sp³-hybridized carbons (Fsp3) is 0.467. The standard InChI is InChI=1S/C15H21N3O2/c1-3-13(19)17-11-4-6-12(7-5-11)18-15(20)14-10(2)8-9-16-14/h4-7,10,14,16H,3,8-9H2,1-2H3,(H,17,19)(H,18,20). The smallest absolute Gasteiger partial charge is 0.241 e. The van der Waals surface area contributed by atoms with Gasteiger partial charge < -0.3 is 16.0 Å². The van der Waals surface area contributed by atoms with E-state index in [4.69, 9.17) is 0 Å². The molecule has 1 aliphatic rings. The van der Waals surface area contributed by atoms with Gasteiger partial charge in [-0.25, -0.2) is 0 Å². The predicted octanol–water partition coefficient (Wildman–Crippen LogP) is 1.97. The molecule has 2 unspecified atom stereocenters. The van der Waals surface area contributed by atoms with Gasteiger partial charge in [-0.3, -0.25) is 9.59 Å². The van der Waals surface area contributed by atoms with Gasteiger partial charge in [0.25, 0.3) is 0 Å². The maximum Gasteiger partial charge on any atom is 0.241 e. The Kier molecular flexibility index (Phi) is 4.74. The van der Waals surface area contributed by atoms with E-state index in [9.17, 15) is 9.59 Å². The summed E-state index contributed by atoms with van der Waals surface area (Å²) in [5, 5.41) is 8.87. The third-order valence-corrected chi connectivity index (χ3v) is 3.57. The first-order chi connectivity index (χ1) is 9.60. The molecular formula is C15H21N3O2. The molecule has 5 heteroatoms. The second-order valence-corrected chi connectivity index (χ2v) is 5.17. The van der Waals surface area contributed by atoms with Gasteiger partial charge in [0.2, 0.25) is 11.8 Å². The van der Waals surface area contributed by atoms with E-state index in [0.717, 1.165) is 24.3 Å². The molecule has 108 valence electrons. The minimum absolute atomic E-state index is 0.000318. The first-order valence-corrected chi connectivity index (χ1v) is 7.04. The zero-order valence-corrected chi connectivity index (χ0v) is 11.9. The lowest BCUT2D eigenvalue weighted by molar-refractivity contribution is -0.118. The zero-order valence-electron chi connectivity index (χ0n) is 11.9. The van der Waals surface area contributed by atoms with E-state index in [0.29, 0.717) is 12.3 Å². The number of carbonyl (C=O) groups is 2. The third kappa shape index (κ3) is 3.57. The van der Waals surface area contributed by atoms with Gasteiger partial charge in [0.1, 0.15) is 0 Å². The molecule has 20 heavy (non-hydrogen) atoms. The molecule has 0 bridgehead atoms. The molecule has 3 N–H and O–H groups in total. The lowest BCUT2D eigenvalue weighted by Crippen LogP contribution is -2.39. The summed E-state index contributed by atoms with van der Waals surface area (Å²) >= 11 is 0. The molecule has 0 spiro atoms.